The number of rotatable bonds is 4. The van der Waals surface area contributed by atoms with Crippen LogP contribution in [0.1, 0.15) is 11.5 Å². The fraction of sp³-hybridized carbons (Fsp3) is 0.273. The maximum Gasteiger partial charge on any atom is 0.284 e. The Kier molecular flexibility index (Phi) is 3.33. The summed E-state index contributed by atoms with van der Waals surface area (Å²) in [6, 6.07) is 4.97. The molecule has 0 bridgehead atoms. The lowest BCUT2D eigenvalue weighted by molar-refractivity contribution is -0.384. The summed E-state index contributed by atoms with van der Waals surface area (Å²) in [6.45, 7) is 2.05. The minimum absolute atomic E-state index is 0.0135. The second kappa shape index (κ2) is 4.92. The Morgan fingerprint density at radius 1 is 1.44 bits per heavy atom. The van der Waals surface area contributed by atoms with E-state index in [9.17, 15) is 10.1 Å². The first-order valence-corrected chi connectivity index (χ1v) is 5.40. The van der Waals surface area contributed by atoms with Crippen LogP contribution in [0.5, 0.6) is 0 Å². The van der Waals surface area contributed by atoms with Gasteiger partial charge in [0.15, 0.2) is 0 Å². The lowest BCUT2D eigenvalue weighted by Crippen LogP contribution is -2.02. The van der Waals surface area contributed by atoms with Crippen molar-refractivity contribution >= 4 is 5.69 Å². The summed E-state index contributed by atoms with van der Waals surface area (Å²) in [6.07, 6.45) is 0.451. The summed E-state index contributed by atoms with van der Waals surface area (Å²) < 4.78 is 5.35. The molecule has 7 nitrogen and oxygen atoms in total. The van der Waals surface area contributed by atoms with Gasteiger partial charge >= 0.3 is 0 Å². The highest BCUT2D eigenvalue weighted by Crippen LogP contribution is 2.31. The molecule has 0 aliphatic carbocycles. The van der Waals surface area contributed by atoms with Crippen LogP contribution in [-0.4, -0.2) is 21.7 Å². The molecule has 0 unspecified atom stereocenters. The third-order valence-corrected chi connectivity index (χ3v) is 2.48. The van der Waals surface area contributed by atoms with E-state index >= 15 is 0 Å². The second-order valence-electron chi connectivity index (χ2n) is 3.77. The molecule has 2 N–H and O–H groups in total. The van der Waals surface area contributed by atoms with Crippen LogP contribution in [0.2, 0.25) is 0 Å². The molecule has 1 aromatic carbocycles. The van der Waals surface area contributed by atoms with E-state index in [1.165, 1.54) is 0 Å². The average molecular weight is 248 g/mol. The Labute approximate surface area is 103 Å². The van der Waals surface area contributed by atoms with Gasteiger partial charge < -0.3 is 10.2 Å². The first-order valence-electron chi connectivity index (χ1n) is 5.40. The van der Waals surface area contributed by atoms with E-state index in [-0.39, 0.29) is 11.6 Å². The van der Waals surface area contributed by atoms with Gasteiger partial charge in [-0.2, -0.15) is 0 Å². The molecule has 2 aromatic rings. The quantitative estimate of drug-likeness (QED) is 0.648. The summed E-state index contributed by atoms with van der Waals surface area (Å²) in [5.74, 6) is 0.525. The zero-order chi connectivity index (χ0) is 13.1. The lowest BCUT2D eigenvalue weighted by Gasteiger charge is -2.00. The van der Waals surface area contributed by atoms with Crippen LogP contribution < -0.4 is 5.73 Å². The molecule has 0 radical (unpaired) electrons. The number of nitrogens with two attached hydrogens (primary N) is 1. The van der Waals surface area contributed by atoms with Gasteiger partial charge in [0.05, 0.1) is 4.92 Å². The van der Waals surface area contributed by atoms with E-state index in [1.54, 1.807) is 25.1 Å². The maximum absolute atomic E-state index is 11.0. The van der Waals surface area contributed by atoms with E-state index in [2.05, 4.69) is 10.2 Å². The van der Waals surface area contributed by atoms with Crippen molar-refractivity contribution in [2.75, 3.05) is 6.54 Å². The van der Waals surface area contributed by atoms with Gasteiger partial charge in [-0.3, -0.25) is 10.1 Å². The third-order valence-electron chi connectivity index (χ3n) is 2.48. The van der Waals surface area contributed by atoms with Gasteiger partial charge in [0.1, 0.15) is 5.56 Å². The summed E-state index contributed by atoms with van der Waals surface area (Å²) in [5, 5.41) is 18.6. The number of nitro groups is 1. The Morgan fingerprint density at radius 2 is 2.22 bits per heavy atom. The van der Waals surface area contributed by atoms with Crippen LogP contribution in [0.4, 0.5) is 5.69 Å². The molecule has 18 heavy (non-hydrogen) atoms. The molecule has 0 amide bonds. The van der Waals surface area contributed by atoms with Crippen molar-refractivity contribution in [3.8, 4) is 11.5 Å². The van der Waals surface area contributed by atoms with Crippen molar-refractivity contribution in [2.24, 2.45) is 5.73 Å². The van der Waals surface area contributed by atoms with Crippen LogP contribution >= 0.6 is 0 Å². The molecule has 1 heterocycles. The molecule has 1 aromatic heterocycles. The summed E-state index contributed by atoms with van der Waals surface area (Å²) >= 11 is 0. The number of hydrogen-bond donors (Lipinski definition) is 1. The Balaban J connectivity index is 2.49. The SMILES string of the molecule is Cc1cccc(-c2nnc(CCN)o2)c1[N+](=O)[O-]. The number of aryl methyl sites for hydroxylation is 1. The molecule has 0 atom stereocenters. The Morgan fingerprint density at radius 3 is 2.89 bits per heavy atom. The number of para-hydroxylation sites is 1. The highest BCUT2D eigenvalue weighted by Gasteiger charge is 2.22. The van der Waals surface area contributed by atoms with Crippen molar-refractivity contribution in [1.82, 2.24) is 10.2 Å². The van der Waals surface area contributed by atoms with Gasteiger partial charge in [-0.15, -0.1) is 10.2 Å². The summed E-state index contributed by atoms with van der Waals surface area (Å²) in [7, 11) is 0. The van der Waals surface area contributed by atoms with E-state index in [1.807, 2.05) is 0 Å². The van der Waals surface area contributed by atoms with Crippen molar-refractivity contribution in [1.29, 1.82) is 0 Å². The summed E-state index contributed by atoms with van der Waals surface area (Å²) in [5.41, 5.74) is 6.24. The highest BCUT2D eigenvalue weighted by atomic mass is 16.6. The zero-order valence-electron chi connectivity index (χ0n) is 9.79. The van der Waals surface area contributed by atoms with Crippen LogP contribution in [0.15, 0.2) is 22.6 Å². The largest absolute Gasteiger partial charge is 0.420 e. The third kappa shape index (κ3) is 2.21. The van der Waals surface area contributed by atoms with Crippen molar-refractivity contribution in [3.05, 3.63) is 39.8 Å². The van der Waals surface area contributed by atoms with Gasteiger partial charge in [0.2, 0.25) is 5.89 Å². The van der Waals surface area contributed by atoms with E-state index < -0.39 is 4.92 Å². The van der Waals surface area contributed by atoms with Crippen LogP contribution in [-0.2, 0) is 6.42 Å². The number of nitro benzene ring substituents is 1. The lowest BCUT2D eigenvalue weighted by atomic mass is 10.1. The number of hydrogen-bond acceptors (Lipinski definition) is 6. The fourth-order valence-corrected chi connectivity index (χ4v) is 1.66. The first-order chi connectivity index (χ1) is 8.63. The molecule has 0 saturated heterocycles. The van der Waals surface area contributed by atoms with E-state index in [4.69, 9.17) is 10.2 Å². The van der Waals surface area contributed by atoms with Crippen LogP contribution in [0, 0.1) is 17.0 Å². The molecular formula is C11H12N4O3. The standard InChI is InChI=1S/C11H12N4O3/c1-7-3-2-4-8(10(7)15(16)17)11-14-13-9(18-11)5-6-12/h2-4H,5-6,12H2,1H3. The molecule has 0 fully saturated rings. The number of nitrogens with zero attached hydrogens (tertiary/aromatic N) is 3. The van der Waals surface area contributed by atoms with Crippen molar-refractivity contribution < 1.29 is 9.34 Å². The smallest absolute Gasteiger partial charge is 0.284 e. The van der Waals surface area contributed by atoms with Crippen molar-refractivity contribution in [2.45, 2.75) is 13.3 Å². The monoisotopic (exact) mass is 248 g/mol. The Hall–Kier alpha value is -2.28. The minimum Gasteiger partial charge on any atom is -0.420 e. The van der Waals surface area contributed by atoms with Crippen molar-refractivity contribution in [3.63, 3.8) is 0 Å². The summed E-state index contributed by atoms with van der Waals surface area (Å²) in [4.78, 5) is 10.6. The predicted octanol–water partition coefficient (Wildman–Crippen LogP) is 1.45. The van der Waals surface area contributed by atoms with E-state index in [0.29, 0.717) is 30.0 Å². The van der Waals surface area contributed by atoms with E-state index in [0.717, 1.165) is 0 Å². The molecule has 2 rings (SSSR count). The molecule has 7 heteroatoms. The van der Waals surface area contributed by atoms with Gasteiger partial charge in [-0.1, -0.05) is 12.1 Å². The highest BCUT2D eigenvalue weighted by molar-refractivity contribution is 5.69. The van der Waals surface area contributed by atoms with Gasteiger partial charge in [-0.25, -0.2) is 0 Å². The predicted molar refractivity (Wildman–Crippen MR) is 63.9 cm³/mol. The molecule has 0 aliphatic rings. The average Bonchev–Trinajstić information content (AvgIpc) is 2.77. The molecule has 0 aliphatic heterocycles. The van der Waals surface area contributed by atoms with Gasteiger partial charge in [0, 0.05) is 18.5 Å². The topological polar surface area (TPSA) is 108 Å². The fourth-order valence-electron chi connectivity index (χ4n) is 1.66. The number of aromatic nitrogens is 2. The second-order valence-corrected chi connectivity index (χ2v) is 3.77. The number of benzene rings is 1. The molecule has 0 spiro atoms. The zero-order valence-corrected chi connectivity index (χ0v) is 9.79. The van der Waals surface area contributed by atoms with Crippen LogP contribution in [0.3, 0.4) is 0 Å². The normalized spacial score (nSPS) is 10.6. The minimum atomic E-state index is -0.447. The molecule has 0 saturated carbocycles. The van der Waals surface area contributed by atoms with Crippen LogP contribution in [0.25, 0.3) is 11.5 Å². The van der Waals surface area contributed by atoms with Gasteiger partial charge in [0.25, 0.3) is 11.6 Å². The maximum atomic E-state index is 11.0. The Bertz CT molecular complexity index is 579. The van der Waals surface area contributed by atoms with Gasteiger partial charge in [-0.05, 0) is 13.0 Å². The molecular weight excluding hydrogens is 236 g/mol. The first kappa shape index (κ1) is 12.2. The molecule has 94 valence electrons.